The number of methoxy groups -OCH3 is 1. The standard InChI is InChI=1S/C13H16N2O2/c1-11(10-16)5-4-8-15(2)12-6-7-13(17-3)14-9-12/h4-10H,1-3H3/b8-4-,11-5-. The fourth-order valence-corrected chi connectivity index (χ4v) is 1.15. The van der Waals surface area contributed by atoms with Crippen molar-refractivity contribution >= 4 is 12.0 Å². The quantitative estimate of drug-likeness (QED) is 0.443. The topological polar surface area (TPSA) is 42.4 Å². The van der Waals surface area contributed by atoms with E-state index in [9.17, 15) is 4.79 Å². The molecular weight excluding hydrogens is 216 g/mol. The Labute approximate surface area is 101 Å². The van der Waals surface area contributed by atoms with Gasteiger partial charge in [0.2, 0.25) is 5.88 Å². The van der Waals surface area contributed by atoms with Gasteiger partial charge >= 0.3 is 0 Å². The average Bonchev–Trinajstić information content (AvgIpc) is 2.38. The molecule has 0 spiro atoms. The fourth-order valence-electron chi connectivity index (χ4n) is 1.15. The molecule has 0 aromatic carbocycles. The van der Waals surface area contributed by atoms with Crippen LogP contribution in [0.4, 0.5) is 5.69 Å². The van der Waals surface area contributed by atoms with Crippen LogP contribution in [0, 0.1) is 0 Å². The molecule has 0 aliphatic carbocycles. The van der Waals surface area contributed by atoms with Gasteiger partial charge in [0.15, 0.2) is 0 Å². The summed E-state index contributed by atoms with van der Waals surface area (Å²) in [5.74, 6) is 0.586. The number of allylic oxidation sites excluding steroid dienone is 3. The maximum absolute atomic E-state index is 10.4. The lowest BCUT2D eigenvalue weighted by atomic mass is 10.3. The van der Waals surface area contributed by atoms with Crippen molar-refractivity contribution in [2.45, 2.75) is 6.92 Å². The molecule has 0 saturated carbocycles. The third kappa shape index (κ3) is 4.10. The summed E-state index contributed by atoms with van der Waals surface area (Å²) in [5, 5.41) is 0. The van der Waals surface area contributed by atoms with E-state index in [1.165, 1.54) is 0 Å². The van der Waals surface area contributed by atoms with E-state index in [0.29, 0.717) is 11.5 Å². The highest BCUT2D eigenvalue weighted by molar-refractivity contribution is 5.72. The molecule has 4 heteroatoms. The Balaban J connectivity index is 2.69. The average molecular weight is 232 g/mol. The Morgan fingerprint density at radius 2 is 2.24 bits per heavy atom. The fraction of sp³-hybridized carbons (Fsp3) is 0.231. The molecule has 0 aliphatic rings. The molecule has 90 valence electrons. The smallest absolute Gasteiger partial charge is 0.213 e. The number of aldehydes is 1. The first kappa shape index (κ1) is 13.0. The van der Waals surface area contributed by atoms with E-state index in [-0.39, 0.29) is 0 Å². The molecule has 1 aromatic heterocycles. The number of hydrogen-bond acceptors (Lipinski definition) is 4. The Kier molecular flexibility index (Phi) is 4.94. The molecule has 17 heavy (non-hydrogen) atoms. The summed E-state index contributed by atoms with van der Waals surface area (Å²) < 4.78 is 4.98. The zero-order valence-electron chi connectivity index (χ0n) is 10.3. The summed E-state index contributed by atoms with van der Waals surface area (Å²) in [7, 11) is 3.49. The predicted octanol–water partition coefficient (Wildman–Crippen LogP) is 2.19. The van der Waals surface area contributed by atoms with Crippen molar-refractivity contribution in [2.24, 2.45) is 0 Å². The van der Waals surface area contributed by atoms with Crippen molar-refractivity contribution in [3.63, 3.8) is 0 Å². The Morgan fingerprint density at radius 3 is 2.76 bits per heavy atom. The van der Waals surface area contributed by atoms with Crippen molar-refractivity contribution in [2.75, 3.05) is 19.1 Å². The SMILES string of the molecule is COc1ccc(N(C)/C=C\C=C(\C)C=O)cn1. The van der Waals surface area contributed by atoms with Gasteiger partial charge < -0.3 is 9.64 Å². The highest BCUT2D eigenvalue weighted by Gasteiger charge is 1.97. The summed E-state index contributed by atoms with van der Waals surface area (Å²) in [6.07, 6.45) is 7.96. The van der Waals surface area contributed by atoms with Crippen molar-refractivity contribution in [3.8, 4) is 5.88 Å². The van der Waals surface area contributed by atoms with E-state index in [4.69, 9.17) is 4.74 Å². The van der Waals surface area contributed by atoms with Crippen LogP contribution in [0.2, 0.25) is 0 Å². The molecule has 0 bridgehead atoms. The first-order valence-electron chi connectivity index (χ1n) is 5.20. The van der Waals surface area contributed by atoms with Crippen LogP contribution in [0.3, 0.4) is 0 Å². The summed E-state index contributed by atoms with van der Waals surface area (Å²) in [6.45, 7) is 1.76. The summed E-state index contributed by atoms with van der Waals surface area (Å²) in [4.78, 5) is 16.4. The van der Waals surface area contributed by atoms with Crippen LogP contribution in [-0.4, -0.2) is 25.4 Å². The largest absolute Gasteiger partial charge is 0.481 e. The molecule has 4 nitrogen and oxygen atoms in total. The maximum atomic E-state index is 10.4. The lowest BCUT2D eigenvalue weighted by Gasteiger charge is -2.13. The van der Waals surface area contributed by atoms with E-state index in [1.807, 2.05) is 30.3 Å². The van der Waals surface area contributed by atoms with E-state index < -0.39 is 0 Å². The van der Waals surface area contributed by atoms with Gasteiger partial charge in [-0.2, -0.15) is 0 Å². The number of hydrogen-bond donors (Lipinski definition) is 0. The molecule has 1 rings (SSSR count). The highest BCUT2D eigenvalue weighted by Crippen LogP contribution is 2.14. The Hall–Kier alpha value is -2.10. The van der Waals surface area contributed by atoms with E-state index in [2.05, 4.69) is 4.98 Å². The van der Waals surface area contributed by atoms with Crippen LogP contribution in [-0.2, 0) is 4.79 Å². The Bertz CT molecular complexity index is 422. The number of carbonyl (C=O) groups excluding carboxylic acids is 1. The first-order valence-corrected chi connectivity index (χ1v) is 5.20. The maximum Gasteiger partial charge on any atom is 0.213 e. The number of aromatic nitrogens is 1. The molecule has 0 atom stereocenters. The van der Waals surface area contributed by atoms with Gasteiger partial charge in [0.25, 0.3) is 0 Å². The molecule has 0 amide bonds. The van der Waals surface area contributed by atoms with Crippen LogP contribution in [0.15, 0.2) is 42.3 Å². The van der Waals surface area contributed by atoms with Gasteiger partial charge in [-0.05, 0) is 24.6 Å². The summed E-state index contributed by atoms with van der Waals surface area (Å²) in [5.41, 5.74) is 1.63. The molecule has 0 radical (unpaired) electrons. The van der Waals surface area contributed by atoms with E-state index >= 15 is 0 Å². The summed E-state index contributed by atoms with van der Waals surface area (Å²) in [6, 6.07) is 3.71. The zero-order valence-corrected chi connectivity index (χ0v) is 10.3. The number of carbonyl (C=O) groups is 1. The zero-order chi connectivity index (χ0) is 12.7. The van der Waals surface area contributed by atoms with Crippen LogP contribution < -0.4 is 9.64 Å². The molecule has 1 aromatic rings. The molecule has 0 aliphatic heterocycles. The molecule has 0 N–H and O–H groups in total. The second-order valence-corrected chi connectivity index (χ2v) is 3.54. The van der Waals surface area contributed by atoms with Crippen molar-refractivity contribution in [1.82, 2.24) is 4.98 Å². The predicted molar refractivity (Wildman–Crippen MR) is 68.2 cm³/mol. The monoisotopic (exact) mass is 232 g/mol. The minimum absolute atomic E-state index is 0.586. The minimum Gasteiger partial charge on any atom is -0.481 e. The van der Waals surface area contributed by atoms with Gasteiger partial charge in [-0.3, -0.25) is 4.79 Å². The lowest BCUT2D eigenvalue weighted by molar-refractivity contribution is -0.104. The lowest BCUT2D eigenvalue weighted by Crippen LogP contribution is -2.07. The second-order valence-electron chi connectivity index (χ2n) is 3.54. The van der Waals surface area contributed by atoms with Gasteiger partial charge in [-0.15, -0.1) is 0 Å². The van der Waals surface area contributed by atoms with E-state index in [0.717, 1.165) is 12.0 Å². The third-order valence-corrected chi connectivity index (χ3v) is 2.19. The van der Waals surface area contributed by atoms with Gasteiger partial charge in [0, 0.05) is 19.3 Å². The Morgan fingerprint density at radius 1 is 1.47 bits per heavy atom. The van der Waals surface area contributed by atoms with Crippen LogP contribution in [0.5, 0.6) is 5.88 Å². The van der Waals surface area contributed by atoms with Crippen LogP contribution in [0.25, 0.3) is 0 Å². The van der Waals surface area contributed by atoms with Gasteiger partial charge in [0.05, 0.1) is 19.0 Å². The number of rotatable bonds is 5. The highest BCUT2D eigenvalue weighted by atomic mass is 16.5. The van der Waals surface area contributed by atoms with Gasteiger partial charge in [-0.25, -0.2) is 4.98 Å². The number of anilines is 1. The second kappa shape index (κ2) is 6.48. The van der Waals surface area contributed by atoms with Crippen LogP contribution in [0.1, 0.15) is 6.92 Å². The minimum atomic E-state index is 0.586. The molecular formula is C13H16N2O2. The number of nitrogens with zero attached hydrogens (tertiary/aromatic N) is 2. The van der Waals surface area contributed by atoms with E-state index in [1.54, 1.807) is 32.4 Å². The van der Waals surface area contributed by atoms with Gasteiger partial charge in [0.1, 0.15) is 6.29 Å². The summed E-state index contributed by atoms with van der Waals surface area (Å²) >= 11 is 0. The number of ether oxygens (including phenoxy) is 1. The van der Waals surface area contributed by atoms with Gasteiger partial charge in [-0.1, -0.05) is 6.08 Å². The first-order chi connectivity index (χ1) is 8.17. The normalized spacial score (nSPS) is 11.6. The molecule has 0 saturated heterocycles. The van der Waals surface area contributed by atoms with Crippen molar-refractivity contribution in [3.05, 3.63) is 42.3 Å². The number of pyridine rings is 1. The molecule has 1 heterocycles. The molecule has 0 unspecified atom stereocenters. The van der Waals surface area contributed by atoms with Crippen LogP contribution >= 0.6 is 0 Å². The molecule has 0 fully saturated rings. The van der Waals surface area contributed by atoms with Crippen molar-refractivity contribution in [1.29, 1.82) is 0 Å². The van der Waals surface area contributed by atoms with Crippen molar-refractivity contribution < 1.29 is 9.53 Å². The third-order valence-electron chi connectivity index (χ3n) is 2.19.